The molecular weight excluding hydrogens is 248 g/mol. The van der Waals surface area contributed by atoms with E-state index >= 15 is 0 Å². The molecule has 0 aliphatic heterocycles. The molecule has 0 saturated carbocycles. The van der Waals surface area contributed by atoms with Crippen LogP contribution in [0, 0.1) is 0 Å². The van der Waals surface area contributed by atoms with E-state index in [0.717, 1.165) is 0 Å². The normalized spacial score (nSPS) is 9.58. The van der Waals surface area contributed by atoms with Gasteiger partial charge in [0.25, 0.3) is 0 Å². The summed E-state index contributed by atoms with van der Waals surface area (Å²) in [5.74, 6) is -2.12. The van der Waals surface area contributed by atoms with Gasteiger partial charge in [0.05, 0.1) is 17.9 Å². The van der Waals surface area contributed by atoms with Crippen molar-refractivity contribution in [2.24, 2.45) is 0 Å². The monoisotopic (exact) mass is 264 g/mol. The number of benzene rings is 1. The highest BCUT2D eigenvalue weighted by Crippen LogP contribution is 2.16. The standard InChI is InChI=1S/C13H16N2O4/c1-3-14-11(16)12(17)15-10-8-6-5-7-9(10)13(18)19-4-2/h5-8H,3-4H2,1-2H3,(H,14,16)(H,15,17). The minimum absolute atomic E-state index is 0.210. The Labute approximate surface area is 111 Å². The number of carbonyl (C=O) groups is 3. The Kier molecular flexibility index (Phi) is 5.53. The number of anilines is 1. The molecule has 6 heteroatoms. The van der Waals surface area contributed by atoms with E-state index in [1.807, 2.05) is 0 Å². The largest absolute Gasteiger partial charge is 0.462 e. The summed E-state index contributed by atoms with van der Waals surface area (Å²) < 4.78 is 4.87. The maximum Gasteiger partial charge on any atom is 0.340 e. The molecular formula is C13H16N2O4. The van der Waals surface area contributed by atoms with E-state index in [9.17, 15) is 14.4 Å². The van der Waals surface area contributed by atoms with E-state index < -0.39 is 17.8 Å². The Morgan fingerprint density at radius 3 is 2.42 bits per heavy atom. The lowest BCUT2D eigenvalue weighted by Gasteiger charge is -2.09. The van der Waals surface area contributed by atoms with Crippen LogP contribution < -0.4 is 10.6 Å². The zero-order chi connectivity index (χ0) is 14.3. The van der Waals surface area contributed by atoms with Crippen molar-refractivity contribution in [1.82, 2.24) is 5.32 Å². The lowest BCUT2D eigenvalue weighted by atomic mass is 10.2. The molecule has 0 bridgehead atoms. The van der Waals surface area contributed by atoms with Crippen molar-refractivity contribution >= 4 is 23.5 Å². The van der Waals surface area contributed by atoms with Crippen LogP contribution in [0.1, 0.15) is 24.2 Å². The number of likely N-dealkylation sites (N-methyl/N-ethyl adjacent to an activating group) is 1. The quantitative estimate of drug-likeness (QED) is 0.626. The van der Waals surface area contributed by atoms with Crippen LogP contribution >= 0.6 is 0 Å². The highest BCUT2D eigenvalue weighted by molar-refractivity contribution is 6.39. The van der Waals surface area contributed by atoms with Crippen molar-refractivity contribution in [3.63, 3.8) is 0 Å². The summed E-state index contributed by atoms with van der Waals surface area (Å²) in [5.41, 5.74) is 0.458. The summed E-state index contributed by atoms with van der Waals surface area (Å²) in [6.07, 6.45) is 0. The van der Waals surface area contributed by atoms with Gasteiger partial charge in [-0.25, -0.2) is 4.79 Å². The summed E-state index contributed by atoms with van der Waals surface area (Å²) in [4.78, 5) is 34.5. The van der Waals surface area contributed by atoms with Gasteiger partial charge in [-0.1, -0.05) is 12.1 Å². The summed E-state index contributed by atoms with van der Waals surface area (Å²) in [5, 5.41) is 4.75. The van der Waals surface area contributed by atoms with Crippen molar-refractivity contribution in [2.45, 2.75) is 13.8 Å². The fraction of sp³-hybridized carbons (Fsp3) is 0.308. The third-order valence-corrected chi connectivity index (χ3v) is 2.21. The highest BCUT2D eigenvalue weighted by Gasteiger charge is 2.17. The zero-order valence-corrected chi connectivity index (χ0v) is 10.9. The highest BCUT2D eigenvalue weighted by atomic mass is 16.5. The number of ether oxygens (including phenoxy) is 1. The van der Waals surface area contributed by atoms with Crippen LogP contribution in [0.2, 0.25) is 0 Å². The van der Waals surface area contributed by atoms with Crippen LogP contribution in [0.4, 0.5) is 5.69 Å². The lowest BCUT2D eigenvalue weighted by Crippen LogP contribution is -2.35. The maximum atomic E-state index is 11.7. The molecule has 0 aliphatic rings. The minimum Gasteiger partial charge on any atom is -0.462 e. The third-order valence-electron chi connectivity index (χ3n) is 2.21. The van der Waals surface area contributed by atoms with E-state index in [1.54, 1.807) is 26.0 Å². The first-order valence-corrected chi connectivity index (χ1v) is 5.95. The van der Waals surface area contributed by atoms with E-state index in [2.05, 4.69) is 10.6 Å². The Bertz CT molecular complexity index is 485. The van der Waals surface area contributed by atoms with Crippen molar-refractivity contribution in [3.05, 3.63) is 29.8 Å². The first-order chi connectivity index (χ1) is 9.10. The fourth-order valence-corrected chi connectivity index (χ4v) is 1.40. The second kappa shape index (κ2) is 7.15. The lowest BCUT2D eigenvalue weighted by molar-refractivity contribution is -0.136. The summed E-state index contributed by atoms with van der Waals surface area (Å²) in [7, 11) is 0. The number of nitrogens with one attached hydrogen (secondary N) is 2. The number of para-hydroxylation sites is 1. The predicted octanol–water partition coefficient (Wildman–Crippen LogP) is 0.938. The summed E-state index contributed by atoms with van der Waals surface area (Å²) in [6, 6.07) is 6.35. The first kappa shape index (κ1) is 14.7. The molecule has 0 aliphatic carbocycles. The van der Waals surface area contributed by atoms with Gasteiger partial charge in [-0.15, -0.1) is 0 Å². The van der Waals surface area contributed by atoms with Crippen LogP contribution in [-0.4, -0.2) is 30.9 Å². The van der Waals surface area contributed by atoms with Gasteiger partial charge < -0.3 is 15.4 Å². The van der Waals surface area contributed by atoms with Gasteiger partial charge in [-0.3, -0.25) is 9.59 Å². The smallest absolute Gasteiger partial charge is 0.340 e. The molecule has 2 N–H and O–H groups in total. The second-order valence-electron chi connectivity index (χ2n) is 3.58. The molecule has 2 amide bonds. The van der Waals surface area contributed by atoms with Gasteiger partial charge in [0.1, 0.15) is 0 Å². The SMILES string of the molecule is CCNC(=O)C(=O)Nc1ccccc1C(=O)OCC. The van der Waals surface area contributed by atoms with Gasteiger partial charge in [0.2, 0.25) is 0 Å². The Morgan fingerprint density at radius 2 is 1.79 bits per heavy atom. The molecule has 0 fully saturated rings. The molecule has 1 aromatic carbocycles. The first-order valence-electron chi connectivity index (χ1n) is 5.95. The molecule has 6 nitrogen and oxygen atoms in total. The van der Waals surface area contributed by atoms with Gasteiger partial charge in [0.15, 0.2) is 0 Å². The molecule has 0 heterocycles. The van der Waals surface area contributed by atoms with Crippen LogP contribution in [0.15, 0.2) is 24.3 Å². The molecule has 0 atom stereocenters. The Balaban J connectivity index is 2.86. The fourth-order valence-electron chi connectivity index (χ4n) is 1.40. The molecule has 0 spiro atoms. The summed E-state index contributed by atoms with van der Waals surface area (Å²) >= 11 is 0. The molecule has 0 aromatic heterocycles. The minimum atomic E-state index is -0.821. The van der Waals surface area contributed by atoms with Crippen molar-refractivity contribution in [3.8, 4) is 0 Å². The molecule has 102 valence electrons. The van der Waals surface area contributed by atoms with Gasteiger partial charge in [-0.05, 0) is 26.0 Å². The Hall–Kier alpha value is -2.37. The molecule has 1 rings (SSSR count). The predicted molar refractivity (Wildman–Crippen MR) is 69.7 cm³/mol. The van der Waals surface area contributed by atoms with Gasteiger partial charge >= 0.3 is 17.8 Å². The van der Waals surface area contributed by atoms with E-state index in [0.29, 0.717) is 6.54 Å². The van der Waals surface area contributed by atoms with Crippen LogP contribution in [0.25, 0.3) is 0 Å². The van der Waals surface area contributed by atoms with E-state index in [4.69, 9.17) is 4.74 Å². The summed E-state index contributed by atoms with van der Waals surface area (Å²) in [6.45, 7) is 3.98. The number of amides is 2. The van der Waals surface area contributed by atoms with Crippen molar-refractivity contribution in [2.75, 3.05) is 18.5 Å². The van der Waals surface area contributed by atoms with Gasteiger partial charge in [0, 0.05) is 6.54 Å². The molecule has 1 aromatic rings. The topological polar surface area (TPSA) is 84.5 Å². The van der Waals surface area contributed by atoms with Crippen molar-refractivity contribution in [1.29, 1.82) is 0 Å². The Morgan fingerprint density at radius 1 is 1.11 bits per heavy atom. The van der Waals surface area contributed by atoms with Crippen LogP contribution in [0.3, 0.4) is 0 Å². The molecule has 19 heavy (non-hydrogen) atoms. The van der Waals surface area contributed by atoms with Crippen LogP contribution in [0.5, 0.6) is 0 Å². The van der Waals surface area contributed by atoms with E-state index in [-0.39, 0.29) is 17.9 Å². The zero-order valence-electron chi connectivity index (χ0n) is 10.9. The number of hydrogen-bond acceptors (Lipinski definition) is 4. The maximum absolute atomic E-state index is 11.7. The average Bonchev–Trinajstić information content (AvgIpc) is 2.39. The number of hydrogen-bond donors (Lipinski definition) is 2. The van der Waals surface area contributed by atoms with Gasteiger partial charge in [-0.2, -0.15) is 0 Å². The molecule has 0 saturated heterocycles. The third kappa shape index (κ3) is 4.09. The van der Waals surface area contributed by atoms with Crippen LogP contribution in [-0.2, 0) is 14.3 Å². The number of esters is 1. The number of carbonyl (C=O) groups excluding carboxylic acids is 3. The van der Waals surface area contributed by atoms with Crippen molar-refractivity contribution < 1.29 is 19.1 Å². The molecule has 0 unspecified atom stereocenters. The second-order valence-corrected chi connectivity index (χ2v) is 3.58. The molecule has 0 radical (unpaired) electrons. The van der Waals surface area contributed by atoms with E-state index in [1.165, 1.54) is 12.1 Å². The average molecular weight is 264 g/mol. The number of rotatable bonds is 4.